The second kappa shape index (κ2) is 7.46. The van der Waals surface area contributed by atoms with Gasteiger partial charge in [0, 0.05) is 25.8 Å². The summed E-state index contributed by atoms with van der Waals surface area (Å²) in [4.78, 5) is 14.6. The van der Waals surface area contributed by atoms with E-state index >= 15 is 0 Å². The smallest absolute Gasteiger partial charge is 0.246 e. The Bertz CT molecular complexity index is 988. The molecule has 2 aliphatic heterocycles. The number of benzene rings is 2. The molecule has 1 N–H and O–H groups in total. The van der Waals surface area contributed by atoms with E-state index in [-0.39, 0.29) is 18.6 Å². The molecule has 2 aliphatic rings. The van der Waals surface area contributed by atoms with Crippen molar-refractivity contribution in [2.45, 2.75) is 24.6 Å². The summed E-state index contributed by atoms with van der Waals surface area (Å²) >= 11 is 0. The van der Waals surface area contributed by atoms with Crippen molar-refractivity contribution in [3.8, 4) is 5.69 Å². The van der Waals surface area contributed by atoms with Crippen LogP contribution in [0.4, 0.5) is 0 Å². The summed E-state index contributed by atoms with van der Waals surface area (Å²) in [6, 6.07) is 22.5. The van der Waals surface area contributed by atoms with E-state index in [1.54, 1.807) is 0 Å². The van der Waals surface area contributed by atoms with Crippen molar-refractivity contribution >= 4 is 5.91 Å². The van der Waals surface area contributed by atoms with Gasteiger partial charge in [0.2, 0.25) is 5.91 Å². The predicted molar refractivity (Wildman–Crippen MR) is 109 cm³/mol. The fourth-order valence-corrected chi connectivity index (χ4v) is 4.54. The second-order valence-electron chi connectivity index (χ2n) is 7.74. The second-order valence-corrected chi connectivity index (χ2v) is 7.74. The van der Waals surface area contributed by atoms with Gasteiger partial charge in [-0.15, -0.1) is 0 Å². The minimum atomic E-state index is -0.452. The third-order valence-corrected chi connectivity index (χ3v) is 5.97. The Labute approximate surface area is 170 Å². The molecule has 0 radical (unpaired) electrons. The van der Waals surface area contributed by atoms with Gasteiger partial charge in [-0.1, -0.05) is 48.5 Å². The lowest BCUT2D eigenvalue weighted by atomic mass is 9.77. The van der Waals surface area contributed by atoms with Crippen molar-refractivity contribution < 1.29 is 9.53 Å². The Morgan fingerprint density at radius 2 is 1.83 bits per heavy atom. The quantitative estimate of drug-likeness (QED) is 0.746. The summed E-state index contributed by atoms with van der Waals surface area (Å²) in [5.74, 6) is -0.0410. The first-order chi connectivity index (χ1) is 14.2. The molecule has 148 valence electrons. The van der Waals surface area contributed by atoms with Crippen LogP contribution < -0.4 is 5.32 Å². The van der Waals surface area contributed by atoms with Crippen LogP contribution in [-0.2, 0) is 21.6 Å². The highest BCUT2D eigenvalue weighted by atomic mass is 16.5. The highest BCUT2D eigenvalue weighted by Crippen LogP contribution is 2.37. The number of fused-ring (bicyclic) bond motifs is 1. The van der Waals surface area contributed by atoms with Crippen LogP contribution in [0.5, 0.6) is 0 Å². The molecule has 2 saturated heterocycles. The number of hydrogen-bond donors (Lipinski definition) is 1. The molecule has 0 aliphatic carbocycles. The molecular formula is C23H24N4O2. The number of carbonyl (C=O) groups is 1. The van der Waals surface area contributed by atoms with Gasteiger partial charge in [-0.05, 0) is 30.2 Å². The lowest BCUT2D eigenvalue weighted by Crippen LogP contribution is -2.66. The topological polar surface area (TPSA) is 59.4 Å². The first-order valence-electron chi connectivity index (χ1n) is 10.0. The van der Waals surface area contributed by atoms with Crippen molar-refractivity contribution in [3.05, 3.63) is 84.2 Å². The van der Waals surface area contributed by atoms with E-state index in [1.807, 2.05) is 47.3 Å². The fraction of sp³-hybridized carbons (Fsp3) is 0.304. The van der Waals surface area contributed by atoms with Crippen LogP contribution in [0, 0.1) is 0 Å². The number of amides is 1. The Balaban J connectivity index is 1.38. The van der Waals surface area contributed by atoms with Crippen LogP contribution in [-0.4, -0.2) is 46.4 Å². The van der Waals surface area contributed by atoms with Gasteiger partial charge in [-0.25, -0.2) is 4.68 Å². The first-order valence-corrected chi connectivity index (χ1v) is 10.0. The average Bonchev–Trinajstić information content (AvgIpc) is 3.23. The summed E-state index contributed by atoms with van der Waals surface area (Å²) in [5.41, 5.74) is 2.87. The van der Waals surface area contributed by atoms with Gasteiger partial charge in [0.05, 0.1) is 23.0 Å². The number of rotatable bonds is 4. The van der Waals surface area contributed by atoms with E-state index in [0.717, 1.165) is 43.0 Å². The van der Waals surface area contributed by atoms with Crippen LogP contribution in [0.15, 0.2) is 72.9 Å². The molecule has 0 saturated carbocycles. The van der Waals surface area contributed by atoms with Gasteiger partial charge >= 0.3 is 0 Å². The number of aromatic nitrogens is 2. The lowest BCUT2D eigenvalue weighted by molar-refractivity contribution is -0.152. The SMILES string of the molecule is O=C1CO[C@@H]2CN(Cc3ccnn3-c3ccccc3)CC[C@@]2(c2ccccc2)N1. The number of para-hydroxylation sites is 1. The van der Waals surface area contributed by atoms with Crippen molar-refractivity contribution in [2.75, 3.05) is 19.7 Å². The third-order valence-electron chi connectivity index (χ3n) is 5.97. The molecular weight excluding hydrogens is 364 g/mol. The molecule has 0 bridgehead atoms. The monoisotopic (exact) mass is 388 g/mol. The van der Waals surface area contributed by atoms with Crippen molar-refractivity contribution in [1.29, 1.82) is 0 Å². The maximum Gasteiger partial charge on any atom is 0.246 e. The highest BCUT2D eigenvalue weighted by molar-refractivity contribution is 5.79. The van der Waals surface area contributed by atoms with Crippen LogP contribution in [0.25, 0.3) is 5.69 Å². The number of nitrogens with one attached hydrogen (secondary N) is 1. The summed E-state index contributed by atoms with van der Waals surface area (Å²) in [6.45, 7) is 2.53. The zero-order valence-electron chi connectivity index (χ0n) is 16.2. The van der Waals surface area contributed by atoms with Gasteiger partial charge in [0.15, 0.2) is 0 Å². The number of likely N-dealkylation sites (tertiary alicyclic amines) is 1. The Hall–Kier alpha value is -2.96. The number of carbonyl (C=O) groups excluding carboxylic acids is 1. The molecule has 6 nitrogen and oxygen atoms in total. The molecule has 29 heavy (non-hydrogen) atoms. The van der Waals surface area contributed by atoms with Crippen LogP contribution in [0.2, 0.25) is 0 Å². The van der Waals surface area contributed by atoms with Gasteiger partial charge in [0.1, 0.15) is 6.61 Å². The van der Waals surface area contributed by atoms with E-state index in [1.165, 1.54) is 0 Å². The molecule has 1 amide bonds. The summed E-state index contributed by atoms with van der Waals surface area (Å²) in [7, 11) is 0. The maximum atomic E-state index is 12.2. The molecule has 2 atom stereocenters. The standard InChI is InChI=1S/C23H24N4O2/c28-22-17-29-21-16-26(14-12-23(21,25-22)18-7-3-1-4-8-18)15-20-11-13-24-27(20)19-9-5-2-6-10-19/h1-11,13,21H,12,14-17H2,(H,25,28)/t21-,23+/m1/s1. The molecule has 2 fully saturated rings. The number of piperidine rings is 1. The number of hydrogen-bond acceptors (Lipinski definition) is 4. The lowest BCUT2D eigenvalue weighted by Gasteiger charge is -2.50. The zero-order valence-corrected chi connectivity index (χ0v) is 16.2. The molecule has 0 unspecified atom stereocenters. The minimum absolute atomic E-state index is 0.0410. The van der Waals surface area contributed by atoms with Gasteiger partial charge in [-0.3, -0.25) is 9.69 Å². The fourth-order valence-electron chi connectivity index (χ4n) is 4.54. The molecule has 6 heteroatoms. The van der Waals surface area contributed by atoms with Crippen LogP contribution >= 0.6 is 0 Å². The van der Waals surface area contributed by atoms with Crippen molar-refractivity contribution in [3.63, 3.8) is 0 Å². The van der Waals surface area contributed by atoms with Crippen LogP contribution in [0.3, 0.4) is 0 Å². The highest BCUT2D eigenvalue weighted by Gasteiger charge is 2.49. The normalized spacial score (nSPS) is 24.7. The summed E-state index contributed by atoms with van der Waals surface area (Å²) in [5, 5.41) is 7.76. The molecule has 5 rings (SSSR count). The first kappa shape index (κ1) is 18.1. The van der Waals surface area contributed by atoms with Gasteiger partial charge < -0.3 is 10.1 Å². The van der Waals surface area contributed by atoms with Gasteiger partial charge in [-0.2, -0.15) is 5.10 Å². The van der Waals surface area contributed by atoms with E-state index in [0.29, 0.717) is 0 Å². The van der Waals surface area contributed by atoms with Crippen molar-refractivity contribution in [1.82, 2.24) is 20.0 Å². The molecule has 3 heterocycles. The summed E-state index contributed by atoms with van der Waals surface area (Å²) < 4.78 is 8.03. The summed E-state index contributed by atoms with van der Waals surface area (Å²) in [6.07, 6.45) is 2.58. The molecule has 1 aromatic heterocycles. The van der Waals surface area contributed by atoms with Crippen molar-refractivity contribution in [2.24, 2.45) is 0 Å². The molecule has 3 aromatic rings. The molecule has 2 aromatic carbocycles. The molecule has 0 spiro atoms. The Morgan fingerprint density at radius 3 is 2.62 bits per heavy atom. The zero-order chi connectivity index (χ0) is 19.7. The van der Waals surface area contributed by atoms with Crippen LogP contribution in [0.1, 0.15) is 17.7 Å². The third kappa shape index (κ3) is 3.34. The van der Waals surface area contributed by atoms with E-state index < -0.39 is 5.54 Å². The number of ether oxygens (including phenoxy) is 1. The Morgan fingerprint density at radius 1 is 1.07 bits per heavy atom. The van der Waals surface area contributed by atoms with E-state index in [9.17, 15) is 4.79 Å². The maximum absolute atomic E-state index is 12.2. The average molecular weight is 388 g/mol. The van der Waals surface area contributed by atoms with E-state index in [2.05, 4.69) is 45.6 Å². The Kier molecular flexibility index (Phi) is 4.66. The minimum Gasteiger partial charge on any atom is -0.364 e. The number of morpholine rings is 1. The largest absolute Gasteiger partial charge is 0.364 e. The van der Waals surface area contributed by atoms with E-state index in [4.69, 9.17) is 4.74 Å². The predicted octanol–water partition coefficient (Wildman–Crippen LogP) is 2.49. The number of nitrogens with zero attached hydrogens (tertiary/aromatic N) is 3. The van der Waals surface area contributed by atoms with Gasteiger partial charge in [0.25, 0.3) is 0 Å².